The first kappa shape index (κ1) is 74.0. The van der Waals surface area contributed by atoms with Crippen molar-refractivity contribution in [2.75, 3.05) is 19.6 Å². The van der Waals surface area contributed by atoms with Crippen LogP contribution in [0, 0.1) is 5.92 Å². The monoisotopic (exact) mass is 1310 g/mol. The van der Waals surface area contributed by atoms with E-state index in [9.17, 15) is 67.4 Å². The molecule has 3 unspecified atom stereocenters. The first-order chi connectivity index (χ1) is 45.2. The molecule has 0 radical (unpaired) electrons. The van der Waals surface area contributed by atoms with Crippen molar-refractivity contribution in [2.24, 2.45) is 23.1 Å². The van der Waals surface area contributed by atoms with Gasteiger partial charge < -0.3 is 80.0 Å². The number of aliphatic hydroxyl groups excluding tert-OH is 1. The van der Waals surface area contributed by atoms with Crippen molar-refractivity contribution in [3.05, 3.63) is 144 Å². The molecule has 0 bridgehead atoms. The van der Waals surface area contributed by atoms with Crippen molar-refractivity contribution in [1.82, 2.24) is 57.7 Å². The molecular formula is C67H88N14O14. The number of carbonyl (C=O) groups excluding carboxylic acids is 13. The molecule has 2 saturated heterocycles. The predicted molar refractivity (Wildman–Crippen MR) is 347 cm³/mol. The summed E-state index contributed by atoms with van der Waals surface area (Å²) in [6.45, 7) is 6.65. The van der Waals surface area contributed by atoms with Gasteiger partial charge in [-0.3, -0.25) is 62.3 Å². The van der Waals surface area contributed by atoms with Crippen molar-refractivity contribution >= 4 is 76.8 Å². The maximum atomic E-state index is 14.7. The van der Waals surface area contributed by atoms with E-state index in [-0.39, 0.29) is 51.6 Å². The summed E-state index contributed by atoms with van der Waals surface area (Å²) in [5.41, 5.74) is 19.7. The highest BCUT2D eigenvalue weighted by atomic mass is 16.3. The molecular weight excluding hydrogens is 1220 g/mol. The van der Waals surface area contributed by atoms with Gasteiger partial charge in [-0.15, -0.1) is 0 Å². The van der Waals surface area contributed by atoms with Crippen LogP contribution in [0.3, 0.4) is 0 Å². The maximum absolute atomic E-state index is 14.7. The summed E-state index contributed by atoms with van der Waals surface area (Å²) in [6.07, 6.45) is -1.39. The van der Waals surface area contributed by atoms with Gasteiger partial charge in [0.1, 0.15) is 60.4 Å². The van der Waals surface area contributed by atoms with Gasteiger partial charge in [0.05, 0.1) is 25.1 Å². The second-order valence-corrected chi connectivity index (χ2v) is 24.3. The van der Waals surface area contributed by atoms with E-state index in [1.807, 2.05) is 0 Å². The van der Waals surface area contributed by atoms with E-state index < -0.39 is 168 Å². The standard InChI is InChI=1S/C67H88N14O14/c1-38(2)55(65(93)71-37-54(84)80-30-18-28-51(80)63(91)75-47(33-43-22-12-7-13-23-43)60(88)72-40(4)59(87)73-46(57(70)85)32-42-20-10-6-11-21-42)78-62(90)49(36-53(69)83)76-66(94)56(41(5)82)79-64(92)52-29-19-31-81(52)67(95)50(35-45-26-16-9-17-27-45)77-61(89)48(74-58(86)39(3)68)34-44-24-14-8-15-25-44/h6-17,20-27,38-41,46-52,55-56,82H,18-19,28-37,68H2,1-5H3,(H2,69,83)(H2,70,85)(H,71,93)(H,72,88)(H,73,87)(H,74,86)(H,75,91)(H,76,94)(H,77,89)(H,78,90)(H,79,92)/t39-,40-,41?,46-,47-,48-,49-,50-,51?,52?,55-,56-/m0/s1. The van der Waals surface area contributed by atoms with Crippen LogP contribution in [0.5, 0.6) is 0 Å². The van der Waals surface area contributed by atoms with Crippen molar-refractivity contribution in [3.8, 4) is 0 Å². The first-order valence-electron chi connectivity index (χ1n) is 31.7. The molecule has 13 amide bonds. The van der Waals surface area contributed by atoms with Crippen molar-refractivity contribution in [3.63, 3.8) is 0 Å². The number of amides is 13. The number of aliphatic hydroxyl groups is 1. The number of hydrogen-bond donors (Lipinski definition) is 13. The molecule has 95 heavy (non-hydrogen) atoms. The van der Waals surface area contributed by atoms with Crippen molar-refractivity contribution in [1.29, 1.82) is 0 Å². The molecule has 4 aromatic rings. The summed E-state index contributed by atoms with van der Waals surface area (Å²) in [5, 5.41) is 34.2. The van der Waals surface area contributed by atoms with E-state index >= 15 is 0 Å². The maximum Gasteiger partial charge on any atom is 0.246 e. The van der Waals surface area contributed by atoms with Crippen LogP contribution in [0.4, 0.5) is 0 Å². The smallest absolute Gasteiger partial charge is 0.246 e. The van der Waals surface area contributed by atoms with Crippen LogP contribution in [0.2, 0.25) is 0 Å². The van der Waals surface area contributed by atoms with Crippen LogP contribution >= 0.6 is 0 Å². The van der Waals surface area contributed by atoms with Crippen LogP contribution in [0.1, 0.15) is 89.0 Å². The van der Waals surface area contributed by atoms with Crippen LogP contribution in [0.25, 0.3) is 0 Å². The fraction of sp³-hybridized carbons (Fsp3) is 0.448. The van der Waals surface area contributed by atoms with Crippen LogP contribution < -0.4 is 65.1 Å². The number of benzene rings is 4. The van der Waals surface area contributed by atoms with Gasteiger partial charge in [-0.1, -0.05) is 135 Å². The summed E-state index contributed by atoms with van der Waals surface area (Å²) >= 11 is 0. The number of nitrogens with two attached hydrogens (primary N) is 3. The van der Waals surface area contributed by atoms with Gasteiger partial charge in [0, 0.05) is 38.8 Å². The van der Waals surface area contributed by atoms with Gasteiger partial charge in [-0.2, -0.15) is 0 Å². The Kier molecular flexibility index (Phi) is 27.9. The van der Waals surface area contributed by atoms with Gasteiger partial charge in [-0.25, -0.2) is 0 Å². The minimum absolute atomic E-state index is 0.0199. The normalized spacial score (nSPS) is 17.5. The Morgan fingerprint density at radius 3 is 1.34 bits per heavy atom. The number of rotatable bonds is 33. The highest BCUT2D eigenvalue weighted by Gasteiger charge is 2.42. The Balaban J connectivity index is 1.08. The fourth-order valence-corrected chi connectivity index (χ4v) is 11.1. The molecule has 6 rings (SSSR count). The number of carbonyl (C=O) groups is 13. The Morgan fingerprint density at radius 1 is 0.453 bits per heavy atom. The van der Waals surface area contributed by atoms with Gasteiger partial charge >= 0.3 is 0 Å². The molecule has 0 spiro atoms. The molecule has 0 aromatic heterocycles. The molecule has 2 heterocycles. The average molecular weight is 1310 g/mol. The van der Waals surface area contributed by atoms with Gasteiger partial charge in [0.2, 0.25) is 76.8 Å². The highest BCUT2D eigenvalue weighted by molar-refractivity contribution is 6.00. The van der Waals surface area contributed by atoms with E-state index in [0.29, 0.717) is 29.5 Å². The number of primary amides is 2. The second-order valence-electron chi connectivity index (χ2n) is 24.3. The summed E-state index contributed by atoms with van der Waals surface area (Å²) in [7, 11) is 0. The first-order valence-corrected chi connectivity index (χ1v) is 31.7. The molecule has 4 aromatic carbocycles. The van der Waals surface area contributed by atoms with Gasteiger partial charge in [0.15, 0.2) is 0 Å². The Morgan fingerprint density at radius 2 is 0.863 bits per heavy atom. The fourth-order valence-electron chi connectivity index (χ4n) is 11.1. The molecule has 510 valence electrons. The number of likely N-dealkylation sites (tertiary alicyclic amines) is 2. The molecule has 2 aliphatic rings. The molecule has 0 saturated carbocycles. The van der Waals surface area contributed by atoms with Gasteiger partial charge in [-0.05, 0) is 74.6 Å². The largest absolute Gasteiger partial charge is 0.391 e. The number of nitrogens with one attached hydrogen (secondary N) is 9. The number of hydrogen-bond acceptors (Lipinski definition) is 15. The van der Waals surface area contributed by atoms with E-state index in [1.54, 1.807) is 135 Å². The Bertz CT molecular complexity index is 3340. The highest BCUT2D eigenvalue weighted by Crippen LogP contribution is 2.22. The van der Waals surface area contributed by atoms with E-state index in [2.05, 4.69) is 47.9 Å². The minimum atomic E-state index is -1.80. The Hall–Kier alpha value is -10.1. The summed E-state index contributed by atoms with van der Waals surface area (Å²) in [6, 6.07) is 20.9. The lowest BCUT2D eigenvalue weighted by atomic mass is 10.0. The third-order valence-electron chi connectivity index (χ3n) is 16.3. The average Bonchev–Trinajstić information content (AvgIpc) is 1.77. The zero-order valence-corrected chi connectivity index (χ0v) is 53.9. The quantitative estimate of drug-likeness (QED) is 0.0239. The van der Waals surface area contributed by atoms with Crippen LogP contribution in [-0.2, 0) is 88.0 Å². The molecule has 2 aliphatic heterocycles. The van der Waals surface area contributed by atoms with Crippen molar-refractivity contribution < 1.29 is 67.4 Å². The summed E-state index contributed by atoms with van der Waals surface area (Å²) in [5.74, 6) is -11.4. The lowest BCUT2D eigenvalue weighted by Crippen LogP contribution is -2.62. The molecule has 2 fully saturated rings. The summed E-state index contributed by atoms with van der Waals surface area (Å²) in [4.78, 5) is 180. The molecule has 12 atom stereocenters. The van der Waals surface area contributed by atoms with E-state index in [4.69, 9.17) is 17.2 Å². The number of nitrogens with zero attached hydrogens (tertiary/aromatic N) is 2. The van der Waals surface area contributed by atoms with Crippen LogP contribution in [-0.4, -0.2) is 184 Å². The van der Waals surface area contributed by atoms with Crippen molar-refractivity contribution in [2.45, 2.75) is 165 Å². The van der Waals surface area contributed by atoms with E-state index in [0.717, 1.165) is 5.56 Å². The zero-order valence-electron chi connectivity index (χ0n) is 53.9. The second kappa shape index (κ2) is 35.8. The van der Waals surface area contributed by atoms with Gasteiger partial charge in [0.25, 0.3) is 0 Å². The van der Waals surface area contributed by atoms with Crippen LogP contribution in [0.15, 0.2) is 121 Å². The lowest BCUT2D eigenvalue weighted by Gasteiger charge is -2.31. The molecule has 16 N–H and O–H groups in total. The zero-order chi connectivity index (χ0) is 69.5. The molecule has 28 heteroatoms. The molecule has 0 aliphatic carbocycles. The third kappa shape index (κ3) is 22.3. The summed E-state index contributed by atoms with van der Waals surface area (Å²) < 4.78 is 0. The SMILES string of the molecule is CC(C)[C@H](NC(=O)[C@H](CC(N)=O)NC(=O)[C@@H](NC(=O)C1CCCN1C(=O)[C@H](Cc1ccccc1)NC(=O)[C@H](Cc1ccccc1)NC(=O)[C@H](C)N)C(C)O)C(=O)NCC(=O)N1CCCC1C(=O)N[C@@H](Cc1ccccc1)C(=O)N[C@@H](C)C(=O)N[C@@H](Cc1ccccc1)C(N)=O. The Labute approximate surface area is 551 Å². The molecule has 28 nitrogen and oxygen atoms in total. The third-order valence-corrected chi connectivity index (χ3v) is 16.3. The minimum Gasteiger partial charge on any atom is -0.391 e. The lowest BCUT2D eigenvalue weighted by molar-refractivity contribution is -0.143. The predicted octanol–water partition coefficient (Wildman–Crippen LogP) is -2.30. The van der Waals surface area contributed by atoms with E-state index in [1.165, 1.54) is 30.6 Å². The topological polar surface area (TPSA) is 435 Å².